The van der Waals surface area contributed by atoms with Gasteiger partial charge in [-0.3, -0.25) is 4.79 Å². The summed E-state index contributed by atoms with van der Waals surface area (Å²) in [5, 5.41) is 8.87. The highest BCUT2D eigenvalue weighted by atomic mass is 32.1. The summed E-state index contributed by atoms with van der Waals surface area (Å²) in [6.07, 6.45) is 3.58. The number of hydrazone groups is 1. The maximum Gasteiger partial charge on any atom is 0.273 e. The summed E-state index contributed by atoms with van der Waals surface area (Å²) < 4.78 is 39.8. The number of hydrogen-bond acceptors (Lipinski definition) is 6. The first-order valence-corrected chi connectivity index (χ1v) is 10.7. The number of amides is 1. The molecule has 0 fully saturated rings. The van der Waals surface area contributed by atoms with Gasteiger partial charge in [0.05, 0.1) is 27.2 Å². The minimum absolute atomic E-state index is 0.150. The number of fused-ring (bicyclic) bond motifs is 1. The number of ether oxygens (including phenoxy) is 1. The summed E-state index contributed by atoms with van der Waals surface area (Å²) in [7, 11) is 1.87. The molecule has 1 aliphatic rings. The van der Waals surface area contributed by atoms with Crippen molar-refractivity contribution in [2.24, 2.45) is 12.1 Å². The van der Waals surface area contributed by atoms with E-state index in [0.29, 0.717) is 38.6 Å². The van der Waals surface area contributed by atoms with E-state index in [4.69, 9.17) is 4.74 Å². The van der Waals surface area contributed by atoms with Gasteiger partial charge in [-0.2, -0.15) is 5.10 Å². The van der Waals surface area contributed by atoms with Gasteiger partial charge in [0.2, 0.25) is 0 Å². The molecule has 166 valence electrons. The Labute approximate surface area is 191 Å². The first kappa shape index (κ1) is 21.0. The lowest BCUT2D eigenvalue weighted by Gasteiger charge is -2.10. The number of aromatic nitrogens is 3. The Kier molecular flexibility index (Phi) is 5.21. The van der Waals surface area contributed by atoms with Gasteiger partial charge in [0.15, 0.2) is 0 Å². The second kappa shape index (κ2) is 8.21. The monoisotopic (exact) mass is 465 g/mol. The van der Waals surface area contributed by atoms with Crippen molar-refractivity contribution in [1.29, 1.82) is 0 Å². The van der Waals surface area contributed by atoms with E-state index in [1.807, 2.05) is 23.9 Å². The number of aryl methyl sites for hydroxylation is 2. The SMILES string of the molecule is Cc1nnsc1C1=NNC(=O)/C1=C\c1cn(C)c2cccc(OCc3c(F)cccc3F)c12. The fourth-order valence-electron chi connectivity index (χ4n) is 3.74. The van der Waals surface area contributed by atoms with Gasteiger partial charge in [0.25, 0.3) is 5.91 Å². The molecule has 0 saturated heterocycles. The molecule has 5 rings (SSSR count). The molecule has 10 heteroatoms. The topological polar surface area (TPSA) is 81.4 Å². The molecule has 3 heterocycles. The van der Waals surface area contributed by atoms with Gasteiger partial charge in [0.1, 0.15) is 29.7 Å². The number of carbonyl (C=O) groups excluding carboxylic acids is 1. The van der Waals surface area contributed by atoms with E-state index >= 15 is 0 Å². The van der Waals surface area contributed by atoms with Crippen molar-refractivity contribution < 1.29 is 18.3 Å². The van der Waals surface area contributed by atoms with Crippen LogP contribution < -0.4 is 10.2 Å². The number of carbonyl (C=O) groups is 1. The molecule has 1 amide bonds. The van der Waals surface area contributed by atoms with Crippen LogP contribution in [0.3, 0.4) is 0 Å². The molecule has 4 aromatic rings. The Morgan fingerprint density at radius 3 is 2.67 bits per heavy atom. The van der Waals surface area contributed by atoms with Gasteiger partial charge in [0, 0.05) is 24.2 Å². The van der Waals surface area contributed by atoms with Crippen LogP contribution in [-0.4, -0.2) is 25.8 Å². The Morgan fingerprint density at radius 2 is 1.94 bits per heavy atom. The average Bonchev–Trinajstić information content (AvgIpc) is 3.46. The number of rotatable bonds is 5. The van der Waals surface area contributed by atoms with E-state index in [9.17, 15) is 13.6 Å². The summed E-state index contributed by atoms with van der Waals surface area (Å²) in [5.74, 6) is -1.25. The van der Waals surface area contributed by atoms with Crippen LogP contribution >= 0.6 is 11.5 Å². The average molecular weight is 465 g/mol. The molecule has 1 aliphatic heterocycles. The van der Waals surface area contributed by atoms with Crippen molar-refractivity contribution >= 4 is 40.1 Å². The first-order chi connectivity index (χ1) is 15.9. The third-order valence-corrected chi connectivity index (χ3v) is 6.21. The Hall–Kier alpha value is -3.92. The largest absolute Gasteiger partial charge is 0.488 e. The van der Waals surface area contributed by atoms with Crippen LogP contribution in [0.2, 0.25) is 0 Å². The number of nitrogens with zero attached hydrogens (tertiary/aromatic N) is 4. The maximum absolute atomic E-state index is 14.1. The van der Waals surface area contributed by atoms with Crippen LogP contribution in [-0.2, 0) is 18.4 Å². The van der Waals surface area contributed by atoms with Crippen LogP contribution in [0.4, 0.5) is 8.78 Å². The molecule has 2 aromatic heterocycles. The fraction of sp³-hybridized carbons (Fsp3) is 0.130. The minimum atomic E-state index is -0.672. The van der Waals surface area contributed by atoms with Crippen molar-refractivity contribution in [2.45, 2.75) is 13.5 Å². The predicted molar refractivity (Wildman–Crippen MR) is 121 cm³/mol. The summed E-state index contributed by atoms with van der Waals surface area (Å²) in [5.41, 5.74) is 5.39. The molecule has 0 bridgehead atoms. The van der Waals surface area contributed by atoms with E-state index in [2.05, 4.69) is 20.1 Å². The fourth-order valence-corrected chi connectivity index (χ4v) is 4.40. The van der Waals surface area contributed by atoms with Crippen LogP contribution in [0.5, 0.6) is 5.75 Å². The number of nitrogens with one attached hydrogen (secondary N) is 1. The van der Waals surface area contributed by atoms with Crippen molar-refractivity contribution in [3.05, 3.63) is 81.5 Å². The lowest BCUT2D eigenvalue weighted by Crippen LogP contribution is -2.13. The number of benzene rings is 2. The molecular weight excluding hydrogens is 448 g/mol. The van der Waals surface area contributed by atoms with Crippen molar-refractivity contribution in [3.8, 4) is 5.75 Å². The highest BCUT2D eigenvalue weighted by molar-refractivity contribution is 7.08. The van der Waals surface area contributed by atoms with E-state index < -0.39 is 11.6 Å². The van der Waals surface area contributed by atoms with Crippen LogP contribution in [0.1, 0.15) is 21.7 Å². The van der Waals surface area contributed by atoms with Gasteiger partial charge in [-0.25, -0.2) is 14.2 Å². The summed E-state index contributed by atoms with van der Waals surface area (Å²) >= 11 is 1.16. The molecule has 7 nitrogen and oxygen atoms in total. The van der Waals surface area contributed by atoms with Crippen LogP contribution in [0, 0.1) is 18.6 Å². The van der Waals surface area contributed by atoms with Crippen LogP contribution in [0.15, 0.2) is 53.3 Å². The third-order valence-electron chi connectivity index (χ3n) is 5.37. The first-order valence-electron chi connectivity index (χ1n) is 9.97. The second-order valence-electron chi connectivity index (χ2n) is 7.48. The van der Waals surface area contributed by atoms with Crippen molar-refractivity contribution in [2.75, 3.05) is 0 Å². The number of halogens is 2. The van der Waals surface area contributed by atoms with Crippen LogP contribution in [0.25, 0.3) is 17.0 Å². The molecule has 0 atom stereocenters. The lowest BCUT2D eigenvalue weighted by molar-refractivity contribution is -0.116. The predicted octanol–water partition coefficient (Wildman–Crippen LogP) is 4.11. The lowest BCUT2D eigenvalue weighted by atomic mass is 10.0. The van der Waals surface area contributed by atoms with Gasteiger partial charge >= 0.3 is 0 Å². The quantitative estimate of drug-likeness (QED) is 0.450. The van der Waals surface area contributed by atoms with Gasteiger partial charge in [-0.1, -0.05) is 16.6 Å². The normalized spacial score (nSPS) is 14.7. The zero-order valence-corrected chi connectivity index (χ0v) is 18.4. The smallest absolute Gasteiger partial charge is 0.273 e. The molecule has 0 aliphatic carbocycles. The molecule has 0 saturated carbocycles. The van der Waals surface area contributed by atoms with E-state index in [1.165, 1.54) is 18.2 Å². The summed E-state index contributed by atoms with van der Waals surface area (Å²) in [4.78, 5) is 13.3. The maximum atomic E-state index is 14.1. The molecule has 0 radical (unpaired) electrons. The Morgan fingerprint density at radius 1 is 1.18 bits per heavy atom. The standard InChI is InChI=1S/C23H17F2N5O2S/c1-12-22(33-29-26-12)21-14(23(31)28-27-21)9-13-10-30(2)18-7-4-8-19(20(13)18)32-11-15-16(24)5-3-6-17(15)25/h3-10H,11H2,1-2H3,(H,28,31)/b14-9-. The van der Waals surface area contributed by atoms with Gasteiger partial charge < -0.3 is 9.30 Å². The highest BCUT2D eigenvalue weighted by Gasteiger charge is 2.28. The van der Waals surface area contributed by atoms with Gasteiger partial charge in [-0.05, 0) is 48.8 Å². The van der Waals surface area contributed by atoms with E-state index in [-0.39, 0.29) is 18.1 Å². The number of hydrogen-bond donors (Lipinski definition) is 1. The minimum Gasteiger partial charge on any atom is -0.488 e. The van der Waals surface area contributed by atoms with Crippen molar-refractivity contribution in [1.82, 2.24) is 19.6 Å². The Balaban J connectivity index is 1.58. The van der Waals surface area contributed by atoms with Crippen molar-refractivity contribution in [3.63, 3.8) is 0 Å². The van der Waals surface area contributed by atoms with E-state index in [1.54, 1.807) is 25.1 Å². The highest BCUT2D eigenvalue weighted by Crippen LogP contribution is 2.33. The van der Waals surface area contributed by atoms with E-state index in [0.717, 1.165) is 17.0 Å². The second-order valence-corrected chi connectivity index (χ2v) is 8.24. The molecule has 2 aromatic carbocycles. The molecule has 33 heavy (non-hydrogen) atoms. The van der Waals surface area contributed by atoms with Gasteiger partial charge in [-0.15, -0.1) is 5.10 Å². The summed E-state index contributed by atoms with van der Waals surface area (Å²) in [6, 6.07) is 9.11. The molecule has 1 N–H and O–H groups in total. The summed E-state index contributed by atoms with van der Waals surface area (Å²) in [6.45, 7) is 1.52. The molecule has 0 unspecified atom stereocenters. The zero-order chi connectivity index (χ0) is 23.1. The third kappa shape index (κ3) is 3.68. The molecule has 0 spiro atoms. The molecular formula is C23H17F2N5O2S. The zero-order valence-electron chi connectivity index (χ0n) is 17.6. The Bertz CT molecular complexity index is 1450.